The summed E-state index contributed by atoms with van der Waals surface area (Å²) in [6.45, 7) is 2.02. The van der Waals surface area contributed by atoms with Crippen LogP contribution in [-0.2, 0) is 9.83 Å². The van der Waals surface area contributed by atoms with E-state index in [1.807, 2.05) is 55.5 Å². The summed E-state index contributed by atoms with van der Waals surface area (Å²) >= 11 is 0. The SMILES string of the molecule is COc1ccc(SS(=O)c2ccc(C)cc2)cc1. The van der Waals surface area contributed by atoms with Gasteiger partial charge < -0.3 is 4.74 Å². The zero-order valence-electron chi connectivity index (χ0n) is 10.3. The Morgan fingerprint density at radius 3 is 2.17 bits per heavy atom. The molecule has 0 aliphatic rings. The highest BCUT2D eigenvalue weighted by atomic mass is 33.1. The van der Waals surface area contributed by atoms with E-state index >= 15 is 0 Å². The standard InChI is InChI=1S/C14H14O2S2/c1-11-3-9-14(10-4-11)18(15)17-13-7-5-12(16-2)6-8-13/h3-10H,1-2H3. The number of benzene rings is 2. The van der Waals surface area contributed by atoms with Gasteiger partial charge in [0.25, 0.3) is 0 Å². The second-order valence-corrected chi connectivity index (χ2v) is 6.79. The average molecular weight is 278 g/mol. The Bertz CT molecular complexity index is 533. The molecule has 0 bridgehead atoms. The van der Waals surface area contributed by atoms with Crippen LogP contribution in [0.25, 0.3) is 0 Å². The lowest BCUT2D eigenvalue weighted by atomic mass is 10.2. The van der Waals surface area contributed by atoms with Gasteiger partial charge in [-0.2, -0.15) is 0 Å². The van der Waals surface area contributed by atoms with E-state index in [1.165, 1.54) is 16.4 Å². The van der Waals surface area contributed by atoms with Gasteiger partial charge in [0.15, 0.2) is 0 Å². The Kier molecular flexibility index (Phi) is 4.44. The summed E-state index contributed by atoms with van der Waals surface area (Å²) in [7, 11) is 1.89. The molecule has 0 aromatic heterocycles. The Balaban J connectivity index is 2.08. The van der Waals surface area contributed by atoms with E-state index < -0.39 is 9.83 Å². The first-order valence-corrected chi connectivity index (χ1v) is 7.98. The fourth-order valence-electron chi connectivity index (χ4n) is 1.42. The van der Waals surface area contributed by atoms with E-state index in [9.17, 15) is 4.21 Å². The van der Waals surface area contributed by atoms with Gasteiger partial charge in [-0.1, -0.05) is 17.7 Å². The van der Waals surface area contributed by atoms with E-state index in [0.29, 0.717) is 0 Å². The Hall–Kier alpha value is -1.26. The minimum absolute atomic E-state index is 0.806. The van der Waals surface area contributed by atoms with Crippen LogP contribution in [0.5, 0.6) is 5.75 Å². The predicted octanol–water partition coefficient (Wildman–Crippen LogP) is 3.82. The van der Waals surface area contributed by atoms with Crippen LogP contribution < -0.4 is 4.74 Å². The van der Waals surface area contributed by atoms with Crippen molar-refractivity contribution in [2.75, 3.05) is 7.11 Å². The summed E-state index contributed by atoms with van der Waals surface area (Å²) in [5.41, 5.74) is 1.17. The molecule has 2 rings (SSSR count). The summed E-state index contributed by atoms with van der Waals surface area (Å²) in [5, 5.41) is 0. The van der Waals surface area contributed by atoms with Crippen LogP contribution in [0.4, 0.5) is 0 Å². The van der Waals surface area contributed by atoms with Crippen LogP contribution in [0.2, 0.25) is 0 Å². The number of hydrogen-bond acceptors (Lipinski definition) is 3. The maximum atomic E-state index is 12.1. The Morgan fingerprint density at radius 1 is 1.00 bits per heavy atom. The van der Waals surface area contributed by atoms with Crippen molar-refractivity contribution >= 4 is 20.6 Å². The molecule has 4 heteroatoms. The molecule has 0 heterocycles. The molecule has 1 unspecified atom stereocenters. The lowest BCUT2D eigenvalue weighted by molar-refractivity contribution is 0.414. The molecule has 94 valence electrons. The minimum Gasteiger partial charge on any atom is -0.497 e. The van der Waals surface area contributed by atoms with Gasteiger partial charge in [-0.25, -0.2) is 4.21 Å². The third-order valence-corrected chi connectivity index (χ3v) is 5.33. The lowest BCUT2D eigenvalue weighted by Crippen LogP contribution is -1.86. The molecular formula is C14H14O2S2. The van der Waals surface area contributed by atoms with Crippen LogP contribution in [-0.4, -0.2) is 11.3 Å². The maximum Gasteiger partial charge on any atom is 0.118 e. The van der Waals surface area contributed by atoms with E-state index in [2.05, 4.69) is 0 Å². The van der Waals surface area contributed by atoms with Crippen LogP contribution in [0.1, 0.15) is 5.56 Å². The van der Waals surface area contributed by atoms with Crippen molar-refractivity contribution in [1.82, 2.24) is 0 Å². The minimum atomic E-state index is -1.08. The molecule has 0 aliphatic heterocycles. The third-order valence-electron chi connectivity index (χ3n) is 2.44. The third kappa shape index (κ3) is 3.37. The summed E-state index contributed by atoms with van der Waals surface area (Å²) < 4.78 is 17.2. The van der Waals surface area contributed by atoms with Gasteiger partial charge in [0, 0.05) is 4.90 Å². The molecule has 0 amide bonds. The molecule has 0 radical (unpaired) electrons. The van der Waals surface area contributed by atoms with Crippen molar-refractivity contribution in [2.24, 2.45) is 0 Å². The number of hydrogen-bond donors (Lipinski definition) is 0. The Labute approximate surface area is 113 Å². The number of aryl methyl sites for hydroxylation is 1. The monoisotopic (exact) mass is 278 g/mol. The first-order chi connectivity index (χ1) is 8.69. The fraction of sp³-hybridized carbons (Fsp3) is 0.143. The van der Waals surface area contributed by atoms with Gasteiger partial charge >= 0.3 is 0 Å². The molecule has 2 aromatic carbocycles. The van der Waals surface area contributed by atoms with Gasteiger partial charge in [0.05, 0.1) is 12.0 Å². The summed E-state index contributed by atoms with van der Waals surface area (Å²) in [4.78, 5) is 1.80. The molecular weight excluding hydrogens is 264 g/mol. The van der Waals surface area contributed by atoms with Crippen molar-refractivity contribution in [2.45, 2.75) is 16.7 Å². The van der Waals surface area contributed by atoms with Crippen molar-refractivity contribution in [3.8, 4) is 5.75 Å². The highest BCUT2D eigenvalue weighted by Gasteiger charge is 2.06. The molecule has 2 nitrogen and oxygen atoms in total. The molecule has 0 N–H and O–H groups in total. The largest absolute Gasteiger partial charge is 0.497 e. The van der Waals surface area contributed by atoms with Crippen LogP contribution >= 0.6 is 10.8 Å². The zero-order valence-corrected chi connectivity index (χ0v) is 11.9. The van der Waals surface area contributed by atoms with Gasteiger partial charge in [0.2, 0.25) is 0 Å². The molecule has 1 atom stereocenters. The van der Waals surface area contributed by atoms with Crippen LogP contribution in [0, 0.1) is 6.92 Å². The quantitative estimate of drug-likeness (QED) is 0.795. The molecule has 0 aliphatic carbocycles. The normalized spacial score (nSPS) is 12.1. The number of rotatable bonds is 4. The van der Waals surface area contributed by atoms with E-state index in [4.69, 9.17) is 4.74 Å². The predicted molar refractivity (Wildman–Crippen MR) is 76.4 cm³/mol. The van der Waals surface area contributed by atoms with E-state index in [0.717, 1.165) is 15.5 Å². The highest BCUT2D eigenvalue weighted by Crippen LogP contribution is 2.28. The first-order valence-electron chi connectivity index (χ1n) is 5.50. The van der Waals surface area contributed by atoms with Gasteiger partial charge in [-0.3, -0.25) is 0 Å². The Morgan fingerprint density at radius 2 is 1.61 bits per heavy atom. The van der Waals surface area contributed by atoms with E-state index in [-0.39, 0.29) is 0 Å². The van der Waals surface area contributed by atoms with Gasteiger partial charge in [0.1, 0.15) is 15.6 Å². The fourth-order valence-corrected chi connectivity index (χ4v) is 3.77. The first kappa shape index (κ1) is 13.2. The molecule has 2 aromatic rings. The summed E-state index contributed by atoms with van der Waals surface area (Å²) in [5.74, 6) is 0.806. The lowest BCUT2D eigenvalue weighted by Gasteiger charge is -2.03. The molecule has 0 saturated carbocycles. The summed E-state index contributed by atoms with van der Waals surface area (Å²) in [6.07, 6.45) is 0. The average Bonchev–Trinajstić information content (AvgIpc) is 2.40. The zero-order chi connectivity index (χ0) is 13.0. The number of ether oxygens (including phenoxy) is 1. The van der Waals surface area contributed by atoms with Crippen molar-refractivity contribution in [3.05, 3.63) is 54.1 Å². The molecule has 0 fully saturated rings. The van der Waals surface area contributed by atoms with Crippen molar-refractivity contribution < 1.29 is 8.95 Å². The van der Waals surface area contributed by atoms with Crippen molar-refractivity contribution in [3.63, 3.8) is 0 Å². The van der Waals surface area contributed by atoms with Gasteiger partial charge in [-0.15, -0.1) is 0 Å². The second kappa shape index (κ2) is 6.07. The van der Waals surface area contributed by atoms with Crippen molar-refractivity contribution in [1.29, 1.82) is 0 Å². The van der Waals surface area contributed by atoms with Crippen LogP contribution in [0.3, 0.4) is 0 Å². The smallest absolute Gasteiger partial charge is 0.118 e. The highest BCUT2D eigenvalue weighted by molar-refractivity contribution is 8.69. The molecule has 0 spiro atoms. The maximum absolute atomic E-state index is 12.1. The topological polar surface area (TPSA) is 26.3 Å². The van der Waals surface area contributed by atoms with Crippen LogP contribution in [0.15, 0.2) is 58.3 Å². The molecule has 0 saturated heterocycles. The van der Waals surface area contributed by atoms with Gasteiger partial charge in [-0.05, 0) is 54.1 Å². The second-order valence-electron chi connectivity index (χ2n) is 3.81. The summed E-state index contributed by atoms with van der Waals surface area (Å²) in [6, 6.07) is 15.3. The molecule has 18 heavy (non-hydrogen) atoms. The number of methoxy groups -OCH3 is 1. The van der Waals surface area contributed by atoms with E-state index in [1.54, 1.807) is 7.11 Å².